The molecule has 1 aromatic heterocycles. The highest BCUT2D eigenvalue weighted by Crippen LogP contribution is 2.16. The molecule has 3 aromatic rings. The molecule has 2 aromatic carbocycles. The Balaban J connectivity index is 1.41. The highest BCUT2D eigenvalue weighted by Gasteiger charge is 2.22. The maximum Gasteiger partial charge on any atom is 0.331 e. The zero-order chi connectivity index (χ0) is 22.7. The quantitative estimate of drug-likeness (QED) is 0.646. The van der Waals surface area contributed by atoms with Gasteiger partial charge < -0.3 is 5.32 Å². The molecule has 0 spiro atoms. The summed E-state index contributed by atoms with van der Waals surface area (Å²) in [5.74, 6) is -0.198. The molecular weight excluding hydrogens is 404 g/mol. The van der Waals surface area contributed by atoms with E-state index in [1.165, 1.54) is 20.3 Å². The molecule has 1 N–H and O–H groups in total. The van der Waals surface area contributed by atoms with Crippen LogP contribution in [-0.4, -0.2) is 39.1 Å². The van der Waals surface area contributed by atoms with E-state index in [9.17, 15) is 14.4 Å². The van der Waals surface area contributed by atoms with Crippen molar-refractivity contribution in [1.29, 1.82) is 0 Å². The average molecular weight is 435 g/mol. The summed E-state index contributed by atoms with van der Waals surface area (Å²) in [6, 6.07) is 15.5. The molecule has 1 fully saturated rings. The molecular formula is C25H30N4O3. The van der Waals surface area contributed by atoms with Crippen LogP contribution in [0.4, 0.5) is 0 Å². The van der Waals surface area contributed by atoms with Gasteiger partial charge in [-0.3, -0.25) is 23.6 Å². The summed E-state index contributed by atoms with van der Waals surface area (Å²) < 4.78 is 2.59. The first-order valence-electron chi connectivity index (χ1n) is 11.3. The van der Waals surface area contributed by atoms with E-state index in [-0.39, 0.29) is 30.6 Å². The van der Waals surface area contributed by atoms with Crippen LogP contribution in [0.5, 0.6) is 0 Å². The van der Waals surface area contributed by atoms with E-state index in [1.54, 1.807) is 31.2 Å². The molecule has 0 bridgehead atoms. The fourth-order valence-corrected chi connectivity index (χ4v) is 4.48. The van der Waals surface area contributed by atoms with Crippen LogP contribution < -0.4 is 16.6 Å². The third-order valence-corrected chi connectivity index (χ3v) is 6.36. The lowest BCUT2D eigenvalue weighted by Crippen LogP contribution is -2.47. The molecule has 0 unspecified atom stereocenters. The Morgan fingerprint density at radius 2 is 1.69 bits per heavy atom. The van der Waals surface area contributed by atoms with E-state index in [0.717, 1.165) is 32.5 Å². The molecule has 1 saturated heterocycles. The van der Waals surface area contributed by atoms with Gasteiger partial charge in [0.25, 0.3) is 5.56 Å². The molecule has 2 heterocycles. The van der Waals surface area contributed by atoms with Crippen LogP contribution >= 0.6 is 0 Å². The van der Waals surface area contributed by atoms with Crippen molar-refractivity contribution in [3.05, 3.63) is 80.5 Å². The zero-order valence-corrected chi connectivity index (χ0v) is 18.7. The normalized spacial score (nSPS) is 15.2. The number of aryl methyl sites for hydroxylation is 1. The maximum atomic E-state index is 12.8. The van der Waals surface area contributed by atoms with Crippen LogP contribution in [-0.2, 0) is 24.4 Å². The molecule has 7 nitrogen and oxygen atoms in total. The van der Waals surface area contributed by atoms with Gasteiger partial charge >= 0.3 is 5.69 Å². The number of nitrogens with zero attached hydrogens (tertiary/aromatic N) is 3. The number of rotatable bonds is 6. The van der Waals surface area contributed by atoms with Gasteiger partial charge in [0.1, 0.15) is 6.54 Å². The highest BCUT2D eigenvalue weighted by molar-refractivity contribution is 5.81. The third kappa shape index (κ3) is 4.53. The Labute approximate surface area is 187 Å². The molecule has 4 rings (SSSR count). The highest BCUT2D eigenvalue weighted by atomic mass is 16.2. The minimum Gasteiger partial charge on any atom is -0.352 e. The monoisotopic (exact) mass is 434 g/mol. The van der Waals surface area contributed by atoms with Gasteiger partial charge in [-0.15, -0.1) is 0 Å². The van der Waals surface area contributed by atoms with Gasteiger partial charge in [-0.1, -0.05) is 36.4 Å². The van der Waals surface area contributed by atoms with E-state index in [1.807, 2.05) is 0 Å². The van der Waals surface area contributed by atoms with Gasteiger partial charge in [0, 0.05) is 32.2 Å². The number of fused-ring (bicyclic) bond motifs is 1. The lowest BCUT2D eigenvalue weighted by atomic mass is 10.0. The van der Waals surface area contributed by atoms with E-state index >= 15 is 0 Å². The Hall–Kier alpha value is -3.19. The number of hydrogen-bond donors (Lipinski definition) is 1. The first-order chi connectivity index (χ1) is 15.5. The summed E-state index contributed by atoms with van der Waals surface area (Å²) in [7, 11) is 0. The topological polar surface area (TPSA) is 76.3 Å². The predicted molar refractivity (Wildman–Crippen MR) is 126 cm³/mol. The van der Waals surface area contributed by atoms with E-state index in [0.29, 0.717) is 10.9 Å². The number of benzene rings is 2. The molecule has 1 amide bonds. The number of carbonyl (C=O) groups excluding carboxylic acids is 1. The zero-order valence-electron chi connectivity index (χ0n) is 18.7. The summed E-state index contributed by atoms with van der Waals surface area (Å²) in [6.07, 6.45) is 1.75. The Bertz CT molecular complexity index is 1240. The average Bonchev–Trinajstić information content (AvgIpc) is 2.80. The number of para-hydroxylation sites is 1. The van der Waals surface area contributed by atoms with Crippen LogP contribution in [0.1, 0.15) is 30.9 Å². The summed E-state index contributed by atoms with van der Waals surface area (Å²) >= 11 is 0. The lowest BCUT2D eigenvalue weighted by molar-refractivity contribution is -0.122. The Morgan fingerprint density at radius 3 is 2.41 bits per heavy atom. The van der Waals surface area contributed by atoms with Gasteiger partial charge in [-0.2, -0.15) is 0 Å². The van der Waals surface area contributed by atoms with E-state index in [2.05, 4.69) is 41.4 Å². The van der Waals surface area contributed by atoms with Gasteiger partial charge in [-0.25, -0.2) is 4.79 Å². The molecule has 0 radical (unpaired) electrons. The number of nitrogens with one attached hydrogen (secondary N) is 1. The summed E-state index contributed by atoms with van der Waals surface area (Å²) in [6.45, 7) is 6.83. The second-order valence-electron chi connectivity index (χ2n) is 8.48. The van der Waals surface area contributed by atoms with Crippen molar-refractivity contribution in [2.45, 2.75) is 52.4 Å². The predicted octanol–water partition coefficient (Wildman–Crippen LogP) is 2.27. The molecule has 7 heteroatoms. The first-order valence-corrected chi connectivity index (χ1v) is 11.3. The number of piperidine rings is 1. The second-order valence-corrected chi connectivity index (χ2v) is 8.48. The van der Waals surface area contributed by atoms with Crippen LogP contribution in [0.25, 0.3) is 10.9 Å². The fraction of sp³-hybridized carbons (Fsp3) is 0.400. The first kappa shape index (κ1) is 22.0. The van der Waals surface area contributed by atoms with Crippen LogP contribution in [0.3, 0.4) is 0 Å². The van der Waals surface area contributed by atoms with Crippen molar-refractivity contribution in [3.8, 4) is 0 Å². The van der Waals surface area contributed by atoms with Gasteiger partial charge in [0.2, 0.25) is 5.91 Å². The molecule has 1 aliphatic heterocycles. The fourth-order valence-electron chi connectivity index (χ4n) is 4.48. The van der Waals surface area contributed by atoms with Crippen molar-refractivity contribution in [3.63, 3.8) is 0 Å². The Morgan fingerprint density at radius 1 is 1.00 bits per heavy atom. The number of carbonyl (C=O) groups is 1. The lowest BCUT2D eigenvalue weighted by Gasteiger charge is -2.32. The van der Waals surface area contributed by atoms with Crippen LogP contribution in [0, 0.1) is 6.92 Å². The molecule has 0 atom stereocenters. The molecule has 168 valence electrons. The number of amides is 1. The van der Waals surface area contributed by atoms with E-state index < -0.39 is 5.69 Å². The molecule has 32 heavy (non-hydrogen) atoms. The van der Waals surface area contributed by atoms with Crippen molar-refractivity contribution in [1.82, 2.24) is 19.4 Å². The van der Waals surface area contributed by atoms with Crippen molar-refractivity contribution in [2.75, 3.05) is 13.1 Å². The van der Waals surface area contributed by atoms with Gasteiger partial charge in [0.05, 0.1) is 10.9 Å². The molecule has 0 aliphatic carbocycles. The molecule has 1 aliphatic rings. The van der Waals surface area contributed by atoms with E-state index in [4.69, 9.17) is 0 Å². The standard InChI is InChI=1S/C25H30N4O3/c1-3-28-24(31)21-10-6-7-11-22(21)29(25(28)32)17-23(30)26-20-12-14-27(15-13-20)16-19-9-5-4-8-18(19)2/h4-11,20H,3,12-17H2,1-2H3,(H,26,30). The smallest absolute Gasteiger partial charge is 0.331 e. The summed E-state index contributed by atoms with van der Waals surface area (Å²) in [4.78, 5) is 40.6. The van der Waals surface area contributed by atoms with Crippen LogP contribution in [0.15, 0.2) is 58.1 Å². The number of hydrogen-bond acceptors (Lipinski definition) is 4. The summed E-state index contributed by atoms with van der Waals surface area (Å²) in [5.41, 5.74) is 2.38. The minimum atomic E-state index is -0.445. The van der Waals surface area contributed by atoms with Crippen molar-refractivity contribution < 1.29 is 4.79 Å². The number of aromatic nitrogens is 2. The minimum absolute atomic E-state index is 0.0923. The second kappa shape index (κ2) is 9.53. The number of likely N-dealkylation sites (tertiary alicyclic amines) is 1. The van der Waals surface area contributed by atoms with Crippen molar-refractivity contribution >= 4 is 16.8 Å². The largest absolute Gasteiger partial charge is 0.352 e. The summed E-state index contributed by atoms with van der Waals surface area (Å²) in [5, 5.41) is 3.54. The van der Waals surface area contributed by atoms with Gasteiger partial charge in [-0.05, 0) is 49.9 Å². The van der Waals surface area contributed by atoms with Crippen molar-refractivity contribution in [2.24, 2.45) is 0 Å². The molecule has 0 saturated carbocycles. The third-order valence-electron chi connectivity index (χ3n) is 6.36. The SMILES string of the molecule is CCn1c(=O)c2ccccc2n(CC(=O)NC2CCN(Cc3ccccc3C)CC2)c1=O. The maximum absolute atomic E-state index is 12.8. The van der Waals surface area contributed by atoms with Gasteiger partial charge in [0.15, 0.2) is 0 Å². The Kier molecular flexibility index (Phi) is 6.55. The van der Waals surface area contributed by atoms with Crippen LogP contribution in [0.2, 0.25) is 0 Å².